The Bertz CT molecular complexity index is 1680. The number of sulfone groups is 2. The minimum atomic E-state index is -3.01. The van der Waals surface area contributed by atoms with Crippen molar-refractivity contribution in [1.82, 2.24) is 16.0 Å². The molecule has 0 radical (unpaired) electrons. The lowest BCUT2D eigenvalue weighted by atomic mass is 10.1. The molecule has 3 aromatic rings. The number of nitrogen functional groups attached to an aromatic ring is 1. The highest BCUT2D eigenvalue weighted by molar-refractivity contribution is 7.90. The Morgan fingerprint density at radius 3 is 1.68 bits per heavy atom. The zero-order valence-electron chi connectivity index (χ0n) is 22.3. The molecule has 0 aliphatic carbocycles. The van der Waals surface area contributed by atoms with Crippen LogP contribution in [0.3, 0.4) is 0 Å². The summed E-state index contributed by atoms with van der Waals surface area (Å²) >= 11 is 0. The summed E-state index contributed by atoms with van der Waals surface area (Å²) in [5.41, 5.74) is 13.6. The fourth-order valence-corrected chi connectivity index (χ4v) is 6.24. The molecule has 0 fully saturated rings. The maximum Gasteiger partial charge on any atom is 0.251 e. The van der Waals surface area contributed by atoms with Crippen molar-refractivity contribution in [1.29, 1.82) is 0 Å². The van der Waals surface area contributed by atoms with Crippen LogP contribution in [0.5, 0.6) is 0 Å². The van der Waals surface area contributed by atoms with Crippen molar-refractivity contribution in [3.05, 3.63) is 99.1 Å². The van der Waals surface area contributed by atoms with Crippen LogP contribution in [-0.4, -0.2) is 41.2 Å². The Hall–Kier alpha value is -3.74. The van der Waals surface area contributed by atoms with Gasteiger partial charge in [-0.1, -0.05) is 30.3 Å². The van der Waals surface area contributed by atoms with Gasteiger partial charge in [-0.3, -0.25) is 9.59 Å². The van der Waals surface area contributed by atoms with E-state index in [4.69, 9.17) is 5.73 Å². The maximum absolute atomic E-state index is 11.2. The number of amides is 2. The van der Waals surface area contributed by atoms with E-state index in [9.17, 15) is 26.4 Å². The molecule has 3 heterocycles. The predicted molar refractivity (Wildman–Crippen MR) is 154 cm³/mol. The Balaban J connectivity index is 0.000000140. The molecule has 40 heavy (non-hydrogen) atoms. The Morgan fingerprint density at radius 2 is 1.10 bits per heavy atom. The summed E-state index contributed by atoms with van der Waals surface area (Å²) in [7, 11) is -5.93. The minimum Gasteiger partial charge on any atom is -0.399 e. The van der Waals surface area contributed by atoms with E-state index in [-0.39, 0.29) is 23.3 Å². The first-order chi connectivity index (χ1) is 18.8. The number of rotatable bonds is 4. The smallest absolute Gasteiger partial charge is 0.251 e. The van der Waals surface area contributed by atoms with Crippen LogP contribution in [0.4, 0.5) is 5.69 Å². The Morgan fingerprint density at radius 1 is 0.625 bits per heavy atom. The molecular weight excluding hydrogens is 552 g/mol. The monoisotopic (exact) mass is 584 g/mol. The largest absolute Gasteiger partial charge is 0.399 e. The molecule has 0 unspecified atom stereocenters. The third-order valence-corrected chi connectivity index (χ3v) is 8.14. The second-order valence-electron chi connectivity index (χ2n) is 10.1. The lowest BCUT2D eigenvalue weighted by Gasteiger charge is -2.02. The summed E-state index contributed by atoms with van der Waals surface area (Å²) in [5.74, 6) is 0.0743. The Labute approximate surface area is 234 Å². The van der Waals surface area contributed by atoms with Crippen molar-refractivity contribution >= 4 is 37.2 Å². The van der Waals surface area contributed by atoms with Gasteiger partial charge in [0, 0.05) is 55.5 Å². The maximum atomic E-state index is 11.2. The topological polar surface area (TPSA) is 165 Å². The van der Waals surface area contributed by atoms with Gasteiger partial charge < -0.3 is 21.7 Å². The summed E-state index contributed by atoms with van der Waals surface area (Å²) in [6.45, 7) is 2.85. The summed E-state index contributed by atoms with van der Waals surface area (Å²) in [6, 6.07) is 16.3. The molecule has 0 bridgehead atoms. The first-order valence-electron chi connectivity index (χ1n) is 12.5. The lowest BCUT2D eigenvalue weighted by Crippen LogP contribution is -2.12. The van der Waals surface area contributed by atoms with Gasteiger partial charge in [-0.2, -0.15) is 0 Å². The molecule has 0 aromatic heterocycles. The van der Waals surface area contributed by atoms with Crippen LogP contribution in [0, 0.1) is 0 Å². The van der Waals surface area contributed by atoms with E-state index in [0.717, 1.165) is 40.9 Å². The molecule has 12 heteroatoms. The van der Waals surface area contributed by atoms with E-state index in [1.807, 2.05) is 24.3 Å². The number of benzene rings is 3. The fraction of sp³-hybridized carbons (Fsp3) is 0.286. The standard InChI is InChI=1S/C10H11NO3S.C10H13NO2S.C8H8N2O/c1-15(13,14)6-7-2-3-9-8(4-7)5-11-10(9)12;1-14(12,13)7-8-2-3-9-5-11-6-10(9)4-8;9-6-1-2-7-5(3-6)4-10-8(7)11/h2-4H,5-6H2,1H3,(H,11,12);2-4,11H,5-7H2,1H3;1-3H,4,9H2,(H,10,11). The quantitative estimate of drug-likeness (QED) is 0.337. The SMILES string of the molecule is CS(=O)(=O)Cc1ccc2c(c1)CNC2.CS(=O)(=O)Cc1ccc2c(c1)CNC2=O.Nc1ccc2c(c1)CNC2=O. The molecule has 3 aliphatic rings. The van der Waals surface area contributed by atoms with Gasteiger partial charge in [-0.25, -0.2) is 16.8 Å². The number of nitrogens with two attached hydrogens (primary N) is 1. The van der Waals surface area contributed by atoms with Crippen LogP contribution < -0.4 is 21.7 Å². The molecule has 3 aliphatic heterocycles. The van der Waals surface area contributed by atoms with Crippen molar-refractivity contribution in [2.24, 2.45) is 0 Å². The van der Waals surface area contributed by atoms with Crippen LogP contribution >= 0.6 is 0 Å². The van der Waals surface area contributed by atoms with Crippen molar-refractivity contribution in [2.45, 2.75) is 37.7 Å². The molecule has 2 amide bonds. The molecule has 10 nitrogen and oxygen atoms in total. The predicted octanol–water partition coefficient (Wildman–Crippen LogP) is 1.82. The third kappa shape index (κ3) is 7.90. The highest BCUT2D eigenvalue weighted by Crippen LogP contribution is 2.20. The number of nitrogens with one attached hydrogen (secondary N) is 3. The normalized spacial score (nSPS) is 14.9. The summed E-state index contributed by atoms with van der Waals surface area (Å²) in [6.07, 6.45) is 2.46. The number of hydrogen-bond donors (Lipinski definition) is 4. The van der Waals surface area contributed by atoms with Gasteiger partial charge in [-0.15, -0.1) is 0 Å². The van der Waals surface area contributed by atoms with Crippen molar-refractivity contribution < 1.29 is 26.4 Å². The van der Waals surface area contributed by atoms with Crippen molar-refractivity contribution in [2.75, 3.05) is 18.2 Å². The Kier molecular flexibility index (Phi) is 8.62. The van der Waals surface area contributed by atoms with Crippen LogP contribution in [0.2, 0.25) is 0 Å². The second kappa shape index (κ2) is 11.8. The number of fused-ring (bicyclic) bond motifs is 3. The zero-order valence-corrected chi connectivity index (χ0v) is 23.9. The molecule has 0 spiro atoms. The van der Waals surface area contributed by atoms with Gasteiger partial charge in [0.1, 0.15) is 0 Å². The van der Waals surface area contributed by atoms with Gasteiger partial charge in [0.25, 0.3) is 11.8 Å². The average Bonchev–Trinajstić information content (AvgIpc) is 3.56. The van der Waals surface area contributed by atoms with Gasteiger partial charge in [0.05, 0.1) is 11.5 Å². The molecular formula is C28H32N4O6S2. The summed E-state index contributed by atoms with van der Waals surface area (Å²) in [5, 5.41) is 8.63. The minimum absolute atomic E-state index is 0.000000000000000222. The van der Waals surface area contributed by atoms with Gasteiger partial charge in [-0.05, 0) is 57.6 Å². The zero-order chi connectivity index (χ0) is 29.1. The second-order valence-corrected chi connectivity index (χ2v) is 14.4. The lowest BCUT2D eigenvalue weighted by molar-refractivity contribution is 0.0957. The van der Waals surface area contributed by atoms with E-state index in [0.29, 0.717) is 24.3 Å². The van der Waals surface area contributed by atoms with Gasteiger partial charge in [0.2, 0.25) is 0 Å². The number of carbonyl (C=O) groups excluding carboxylic acids is 2. The highest BCUT2D eigenvalue weighted by atomic mass is 32.2. The number of carbonyl (C=O) groups is 2. The molecule has 3 aromatic carbocycles. The van der Waals surface area contributed by atoms with Crippen molar-refractivity contribution in [3.8, 4) is 0 Å². The third-order valence-electron chi connectivity index (χ3n) is 6.43. The van der Waals surface area contributed by atoms with Crippen molar-refractivity contribution in [3.63, 3.8) is 0 Å². The summed E-state index contributed by atoms with van der Waals surface area (Å²) in [4.78, 5) is 22.3. The van der Waals surface area contributed by atoms with E-state index in [1.54, 1.807) is 30.3 Å². The molecule has 5 N–H and O–H groups in total. The highest BCUT2D eigenvalue weighted by Gasteiger charge is 2.19. The van der Waals surface area contributed by atoms with E-state index < -0.39 is 19.7 Å². The molecule has 0 saturated carbocycles. The van der Waals surface area contributed by atoms with E-state index >= 15 is 0 Å². The first kappa shape index (κ1) is 29.2. The number of hydrogen-bond acceptors (Lipinski definition) is 8. The number of anilines is 1. The van der Waals surface area contributed by atoms with Gasteiger partial charge in [0.15, 0.2) is 19.7 Å². The fourth-order valence-electron chi connectivity index (χ4n) is 4.67. The van der Waals surface area contributed by atoms with E-state index in [2.05, 4.69) is 16.0 Å². The summed E-state index contributed by atoms with van der Waals surface area (Å²) < 4.78 is 44.3. The van der Waals surface area contributed by atoms with Crippen LogP contribution in [0.25, 0.3) is 0 Å². The molecule has 212 valence electrons. The molecule has 6 rings (SSSR count). The van der Waals surface area contributed by atoms with Crippen LogP contribution in [0.1, 0.15) is 54.1 Å². The molecule has 0 atom stereocenters. The van der Waals surface area contributed by atoms with Crippen LogP contribution in [0.15, 0.2) is 54.6 Å². The molecule has 0 saturated heterocycles. The van der Waals surface area contributed by atoms with Gasteiger partial charge >= 0.3 is 0 Å². The van der Waals surface area contributed by atoms with E-state index in [1.165, 1.54) is 23.6 Å². The van der Waals surface area contributed by atoms with Crippen LogP contribution in [-0.2, 0) is 57.4 Å². The average molecular weight is 585 g/mol. The first-order valence-corrected chi connectivity index (χ1v) is 16.6.